The van der Waals surface area contributed by atoms with Gasteiger partial charge in [-0.1, -0.05) is 12.1 Å². The molecule has 0 saturated carbocycles. The van der Waals surface area contributed by atoms with E-state index in [0.29, 0.717) is 0 Å². The van der Waals surface area contributed by atoms with E-state index in [9.17, 15) is 4.79 Å². The van der Waals surface area contributed by atoms with Gasteiger partial charge in [0.05, 0.1) is 29.6 Å². The van der Waals surface area contributed by atoms with Gasteiger partial charge in [0, 0.05) is 24.4 Å². The molecule has 0 bridgehead atoms. The number of piperidine rings is 1. The first-order valence-corrected chi connectivity index (χ1v) is 10.5. The quantitative estimate of drug-likeness (QED) is 0.679. The van der Waals surface area contributed by atoms with Crippen molar-refractivity contribution in [1.29, 1.82) is 0 Å². The number of thiophene rings is 1. The van der Waals surface area contributed by atoms with E-state index in [-0.39, 0.29) is 17.6 Å². The maximum Gasteiger partial charge on any atom is 0.245 e. The van der Waals surface area contributed by atoms with E-state index in [2.05, 4.69) is 16.4 Å². The number of carbonyl (C=O) groups excluding carboxylic acids is 1. The fraction of sp³-hybridized carbons (Fsp3) is 0.429. The third-order valence-corrected chi connectivity index (χ3v) is 7.06. The van der Waals surface area contributed by atoms with Crippen LogP contribution in [0.4, 0.5) is 0 Å². The predicted molar refractivity (Wildman–Crippen MR) is 106 cm³/mol. The zero-order valence-electron chi connectivity index (χ0n) is 15.4. The van der Waals surface area contributed by atoms with E-state index in [4.69, 9.17) is 4.74 Å². The van der Waals surface area contributed by atoms with Crippen LogP contribution in [0.3, 0.4) is 0 Å². The number of hydrogen-bond acceptors (Lipinski definition) is 4. The van der Waals surface area contributed by atoms with Gasteiger partial charge in [-0.05, 0) is 48.9 Å². The minimum Gasteiger partial charge on any atom is -0.370 e. The molecule has 1 saturated heterocycles. The van der Waals surface area contributed by atoms with Gasteiger partial charge >= 0.3 is 0 Å². The summed E-state index contributed by atoms with van der Waals surface area (Å²) < 4.78 is 8.25. The zero-order chi connectivity index (χ0) is 18.4. The lowest BCUT2D eigenvalue weighted by molar-refractivity contribution is -0.143. The first-order valence-electron chi connectivity index (χ1n) is 9.59. The highest BCUT2D eigenvalue weighted by atomic mass is 32.1. The third kappa shape index (κ3) is 2.70. The van der Waals surface area contributed by atoms with Crippen LogP contribution in [0.2, 0.25) is 0 Å². The van der Waals surface area contributed by atoms with Crippen molar-refractivity contribution in [2.24, 2.45) is 0 Å². The number of imidazole rings is 1. The number of aromatic nitrogens is 2. The third-order valence-electron chi connectivity index (χ3n) is 6.08. The van der Waals surface area contributed by atoms with E-state index < -0.39 is 0 Å². The minimum absolute atomic E-state index is 0.161. The van der Waals surface area contributed by atoms with Crippen LogP contribution in [0.15, 0.2) is 42.0 Å². The van der Waals surface area contributed by atoms with Crippen molar-refractivity contribution in [3.05, 3.63) is 52.5 Å². The van der Waals surface area contributed by atoms with Crippen molar-refractivity contribution >= 4 is 28.3 Å². The minimum atomic E-state index is -0.254. The summed E-state index contributed by atoms with van der Waals surface area (Å²) in [5.41, 5.74) is 3.11. The van der Waals surface area contributed by atoms with Crippen LogP contribution in [0.1, 0.15) is 36.2 Å². The highest BCUT2D eigenvalue weighted by molar-refractivity contribution is 7.10. The largest absolute Gasteiger partial charge is 0.370 e. The Morgan fingerprint density at radius 3 is 2.93 bits per heavy atom. The molecule has 3 aromatic rings. The van der Waals surface area contributed by atoms with Gasteiger partial charge in [-0.25, -0.2) is 4.98 Å². The van der Waals surface area contributed by atoms with Crippen LogP contribution < -0.4 is 0 Å². The lowest BCUT2D eigenvalue weighted by atomic mass is 9.82. The maximum atomic E-state index is 13.1. The van der Waals surface area contributed by atoms with E-state index >= 15 is 0 Å². The van der Waals surface area contributed by atoms with Crippen molar-refractivity contribution in [3.8, 4) is 0 Å². The highest BCUT2D eigenvalue weighted by Gasteiger charge is 2.42. The van der Waals surface area contributed by atoms with Crippen molar-refractivity contribution in [2.45, 2.75) is 37.8 Å². The molecule has 0 radical (unpaired) electrons. The van der Waals surface area contributed by atoms with Crippen molar-refractivity contribution < 1.29 is 9.53 Å². The summed E-state index contributed by atoms with van der Waals surface area (Å²) in [5.74, 6) is 0.161. The number of nitrogens with zero attached hydrogens (tertiary/aromatic N) is 3. The van der Waals surface area contributed by atoms with Crippen molar-refractivity contribution in [3.63, 3.8) is 0 Å². The van der Waals surface area contributed by atoms with E-state index in [1.165, 1.54) is 10.4 Å². The van der Waals surface area contributed by atoms with Crippen LogP contribution in [0.25, 0.3) is 11.0 Å². The SMILES string of the molecule is CC(C(=O)N1CCC2(CC1)OCCc1sccc12)n1cnc2ccccc21. The molecule has 2 aliphatic rings. The number of ether oxygens (including phenoxy) is 1. The van der Waals surface area contributed by atoms with Crippen LogP contribution >= 0.6 is 11.3 Å². The Morgan fingerprint density at radius 2 is 2.07 bits per heavy atom. The lowest BCUT2D eigenvalue weighted by Gasteiger charge is -2.44. The molecule has 1 aromatic carbocycles. The maximum absolute atomic E-state index is 13.1. The van der Waals surface area contributed by atoms with Gasteiger partial charge < -0.3 is 14.2 Å². The molecule has 1 amide bonds. The molecule has 1 fully saturated rings. The Labute approximate surface area is 162 Å². The number of hydrogen-bond donors (Lipinski definition) is 0. The number of likely N-dealkylation sites (tertiary alicyclic amines) is 1. The van der Waals surface area contributed by atoms with Gasteiger partial charge in [-0.15, -0.1) is 11.3 Å². The molecule has 2 aromatic heterocycles. The second kappa shape index (κ2) is 6.46. The molecule has 0 aliphatic carbocycles. The Morgan fingerprint density at radius 1 is 1.26 bits per heavy atom. The standard InChI is InChI=1S/C21H23N3O2S/c1-15(24-14-22-17-4-2-3-5-18(17)24)20(25)23-10-8-21(9-11-23)16-7-13-27-19(16)6-12-26-21/h2-5,7,13-15H,6,8-12H2,1H3. The van der Waals surface area contributed by atoms with Crippen LogP contribution in [0, 0.1) is 0 Å². The van der Waals surface area contributed by atoms with Crippen molar-refractivity contribution in [2.75, 3.05) is 19.7 Å². The molecule has 2 aliphatic heterocycles. The van der Waals surface area contributed by atoms with E-state index in [1.54, 1.807) is 6.33 Å². The highest BCUT2D eigenvalue weighted by Crippen LogP contribution is 2.43. The first kappa shape index (κ1) is 17.0. The van der Waals surface area contributed by atoms with Crippen LogP contribution in [0.5, 0.6) is 0 Å². The number of fused-ring (bicyclic) bond motifs is 3. The van der Waals surface area contributed by atoms with E-state index in [1.807, 2.05) is 52.0 Å². The molecule has 1 unspecified atom stereocenters. The Bertz CT molecular complexity index is 984. The molecule has 1 atom stereocenters. The molecular formula is C21H23N3O2S. The van der Waals surface area contributed by atoms with Gasteiger partial charge in [-0.2, -0.15) is 0 Å². The van der Waals surface area contributed by atoms with Crippen molar-refractivity contribution in [1.82, 2.24) is 14.5 Å². The number of para-hydroxylation sites is 2. The van der Waals surface area contributed by atoms with Gasteiger partial charge in [0.1, 0.15) is 6.04 Å². The monoisotopic (exact) mass is 381 g/mol. The summed E-state index contributed by atoms with van der Waals surface area (Å²) >= 11 is 1.83. The molecular weight excluding hydrogens is 358 g/mol. The number of rotatable bonds is 2. The van der Waals surface area contributed by atoms with Gasteiger partial charge in [-0.3, -0.25) is 4.79 Å². The molecule has 27 heavy (non-hydrogen) atoms. The average molecular weight is 382 g/mol. The molecule has 0 N–H and O–H groups in total. The second-order valence-electron chi connectivity index (χ2n) is 7.49. The zero-order valence-corrected chi connectivity index (χ0v) is 16.2. The van der Waals surface area contributed by atoms with Crippen LogP contribution in [-0.2, 0) is 21.6 Å². The smallest absolute Gasteiger partial charge is 0.245 e. The first-order chi connectivity index (χ1) is 13.2. The van der Waals surface area contributed by atoms with Crippen LogP contribution in [-0.4, -0.2) is 40.1 Å². The van der Waals surface area contributed by atoms with Gasteiger partial charge in [0.15, 0.2) is 0 Å². The molecule has 5 nitrogen and oxygen atoms in total. The Hall–Kier alpha value is -2.18. The second-order valence-corrected chi connectivity index (χ2v) is 8.49. The molecule has 140 valence electrons. The summed E-state index contributed by atoms with van der Waals surface area (Å²) in [6.45, 7) is 4.24. The number of carbonyl (C=O) groups is 1. The van der Waals surface area contributed by atoms with Gasteiger partial charge in [0.2, 0.25) is 5.91 Å². The molecule has 5 rings (SSSR count). The summed E-state index contributed by atoms with van der Waals surface area (Å²) in [7, 11) is 0. The summed E-state index contributed by atoms with van der Waals surface area (Å²) in [6, 6.07) is 9.92. The number of amides is 1. The lowest BCUT2D eigenvalue weighted by Crippen LogP contribution is -2.49. The summed E-state index contributed by atoms with van der Waals surface area (Å²) in [6.07, 6.45) is 4.54. The predicted octanol–water partition coefficient (Wildman–Crippen LogP) is 3.75. The molecule has 1 spiro atoms. The number of benzene rings is 1. The fourth-order valence-electron chi connectivity index (χ4n) is 4.53. The van der Waals surface area contributed by atoms with Gasteiger partial charge in [0.25, 0.3) is 0 Å². The van der Waals surface area contributed by atoms with E-state index in [0.717, 1.165) is 50.0 Å². The summed E-state index contributed by atoms with van der Waals surface area (Å²) in [5, 5.41) is 2.17. The molecule has 6 heteroatoms. The normalized spacial score (nSPS) is 20.0. The topological polar surface area (TPSA) is 47.4 Å². The average Bonchev–Trinajstić information content (AvgIpc) is 3.35. The summed E-state index contributed by atoms with van der Waals surface area (Å²) in [4.78, 5) is 21.0. The Kier molecular flexibility index (Phi) is 4.06. The fourth-order valence-corrected chi connectivity index (χ4v) is 5.48. The molecule has 4 heterocycles. The Balaban J connectivity index is 1.33.